The normalized spacial score (nSPS) is 12.6. The van der Waals surface area contributed by atoms with E-state index in [0.717, 1.165) is 36.2 Å². The van der Waals surface area contributed by atoms with Gasteiger partial charge in [0.15, 0.2) is 0 Å². The van der Waals surface area contributed by atoms with Crippen LogP contribution in [0.3, 0.4) is 0 Å². The van der Waals surface area contributed by atoms with Gasteiger partial charge in [-0.3, -0.25) is 4.79 Å². The Labute approximate surface area is 113 Å². The molecule has 0 bridgehead atoms. The van der Waals surface area contributed by atoms with Gasteiger partial charge in [0.1, 0.15) is 5.82 Å². The minimum atomic E-state index is -0.0678. The summed E-state index contributed by atoms with van der Waals surface area (Å²) in [4.78, 5) is 15.9. The van der Waals surface area contributed by atoms with Crippen molar-refractivity contribution in [3.8, 4) is 0 Å². The van der Waals surface area contributed by atoms with Crippen molar-refractivity contribution in [1.82, 2.24) is 14.9 Å². The van der Waals surface area contributed by atoms with E-state index in [4.69, 9.17) is 0 Å². The Morgan fingerprint density at radius 2 is 2.16 bits per heavy atom. The summed E-state index contributed by atoms with van der Waals surface area (Å²) in [5, 5.41) is 2.91. The minimum Gasteiger partial charge on any atom is -0.347 e. The molecule has 0 saturated heterocycles. The van der Waals surface area contributed by atoms with Crippen molar-refractivity contribution >= 4 is 16.9 Å². The van der Waals surface area contributed by atoms with Gasteiger partial charge in [-0.15, -0.1) is 0 Å². The van der Waals surface area contributed by atoms with Crippen LogP contribution in [0, 0.1) is 0 Å². The third-order valence-corrected chi connectivity index (χ3v) is 3.23. The Balaban J connectivity index is 2.42. The maximum Gasteiger partial charge on any atom is 0.217 e. The van der Waals surface area contributed by atoms with Crippen molar-refractivity contribution in [2.75, 3.05) is 0 Å². The monoisotopic (exact) mass is 259 g/mol. The number of benzene rings is 1. The van der Waals surface area contributed by atoms with Gasteiger partial charge in [-0.25, -0.2) is 4.98 Å². The molecule has 1 aromatic carbocycles. The Bertz CT molecular complexity index is 574. The van der Waals surface area contributed by atoms with Crippen molar-refractivity contribution in [3.05, 3.63) is 30.1 Å². The molecule has 2 rings (SSSR count). The van der Waals surface area contributed by atoms with Gasteiger partial charge in [0, 0.05) is 13.5 Å². The van der Waals surface area contributed by atoms with Gasteiger partial charge in [0.2, 0.25) is 5.91 Å². The zero-order valence-electron chi connectivity index (χ0n) is 11.8. The fourth-order valence-electron chi connectivity index (χ4n) is 2.35. The Hall–Kier alpha value is -1.84. The van der Waals surface area contributed by atoms with Crippen LogP contribution < -0.4 is 5.32 Å². The highest BCUT2D eigenvalue weighted by atomic mass is 16.1. The Morgan fingerprint density at radius 1 is 1.42 bits per heavy atom. The molecule has 4 nitrogen and oxygen atoms in total. The molecule has 0 fully saturated rings. The number of para-hydroxylation sites is 2. The fourth-order valence-corrected chi connectivity index (χ4v) is 2.35. The molecule has 19 heavy (non-hydrogen) atoms. The van der Waals surface area contributed by atoms with Gasteiger partial charge in [-0.2, -0.15) is 0 Å². The highest BCUT2D eigenvalue weighted by Gasteiger charge is 2.16. The quantitative estimate of drug-likeness (QED) is 0.897. The maximum absolute atomic E-state index is 11.2. The van der Waals surface area contributed by atoms with E-state index < -0.39 is 0 Å². The van der Waals surface area contributed by atoms with Crippen molar-refractivity contribution in [3.63, 3.8) is 0 Å². The summed E-state index contributed by atoms with van der Waals surface area (Å²) >= 11 is 0. The lowest BCUT2D eigenvalue weighted by atomic mass is 10.2. The average Bonchev–Trinajstić information content (AvgIpc) is 2.74. The standard InChI is InChI=1S/C15H21N3O/c1-4-5-10-18-14-9-7-6-8-13(14)17-15(18)11(2)16-12(3)19/h6-9,11H,4-5,10H2,1-3H3,(H,16,19)/t11-/m1/s1. The topological polar surface area (TPSA) is 46.9 Å². The molecule has 0 aliphatic heterocycles. The number of imidazole rings is 1. The van der Waals surface area contributed by atoms with Crippen LogP contribution in [0.4, 0.5) is 0 Å². The van der Waals surface area contributed by atoms with Crippen LogP contribution in [0.25, 0.3) is 11.0 Å². The smallest absolute Gasteiger partial charge is 0.217 e. The molecule has 0 unspecified atom stereocenters. The molecule has 0 saturated carbocycles. The van der Waals surface area contributed by atoms with Crippen LogP contribution in [0.5, 0.6) is 0 Å². The number of nitrogens with one attached hydrogen (secondary N) is 1. The first-order valence-corrected chi connectivity index (χ1v) is 6.85. The van der Waals surface area contributed by atoms with Gasteiger partial charge in [-0.05, 0) is 25.5 Å². The molecule has 102 valence electrons. The van der Waals surface area contributed by atoms with Crippen LogP contribution in [0.1, 0.15) is 45.5 Å². The molecular formula is C15H21N3O. The lowest BCUT2D eigenvalue weighted by molar-refractivity contribution is -0.119. The van der Waals surface area contributed by atoms with E-state index in [1.54, 1.807) is 0 Å². The van der Waals surface area contributed by atoms with E-state index >= 15 is 0 Å². The highest BCUT2D eigenvalue weighted by Crippen LogP contribution is 2.21. The second kappa shape index (κ2) is 5.87. The summed E-state index contributed by atoms with van der Waals surface area (Å²) < 4.78 is 2.22. The number of nitrogens with zero attached hydrogens (tertiary/aromatic N) is 2. The van der Waals surface area contributed by atoms with Crippen LogP contribution in [-0.4, -0.2) is 15.5 Å². The van der Waals surface area contributed by atoms with E-state index in [9.17, 15) is 4.79 Å². The number of aryl methyl sites for hydroxylation is 1. The first-order chi connectivity index (χ1) is 9.13. The van der Waals surface area contributed by atoms with E-state index in [-0.39, 0.29) is 11.9 Å². The molecule has 1 aromatic heterocycles. The zero-order valence-corrected chi connectivity index (χ0v) is 11.8. The van der Waals surface area contributed by atoms with Gasteiger partial charge >= 0.3 is 0 Å². The lowest BCUT2D eigenvalue weighted by Crippen LogP contribution is -2.26. The lowest BCUT2D eigenvalue weighted by Gasteiger charge is -2.15. The number of fused-ring (bicyclic) bond motifs is 1. The van der Waals surface area contributed by atoms with E-state index in [0.29, 0.717) is 0 Å². The third kappa shape index (κ3) is 2.95. The van der Waals surface area contributed by atoms with Crippen LogP contribution in [0.15, 0.2) is 24.3 Å². The molecule has 1 atom stereocenters. The molecule has 1 amide bonds. The Morgan fingerprint density at radius 3 is 2.84 bits per heavy atom. The molecule has 1 N–H and O–H groups in total. The fraction of sp³-hybridized carbons (Fsp3) is 0.467. The molecule has 0 radical (unpaired) electrons. The number of unbranched alkanes of at least 4 members (excludes halogenated alkanes) is 1. The SMILES string of the molecule is CCCCn1c([C@@H](C)NC(C)=O)nc2ccccc21. The molecular weight excluding hydrogens is 238 g/mol. The predicted molar refractivity (Wildman–Crippen MR) is 76.9 cm³/mol. The minimum absolute atomic E-state index is 0.0263. The Kier molecular flexibility index (Phi) is 4.20. The van der Waals surface area contributed by atoms with Crippen LogP contribution >= 0.6 is 0 Å². The van der Waals surface area contributed by atoms with Crippen LogP contribution in [0.2, 0.25) is 0 Å². The number of rotatable bonds is 5. The summed E-state index contributed by atoms with van der Waals surface area (Å²) in [6.45, 7) is 6.63. The van der Waals surface area contributed by atoms with E-state index in [1.165, 1.54) is 6.92 Å². The molecule has 1 heterocycles. The van der Waals surface area contributed by atoms with E-state index in [2.05, 4.69) is 27.9 Å². The number of carbonyl (C=O) groups excluding carboxylic acids is 1. The molecule has 0 aliphatic carbocycles. The van der Waals surface area contributed by atoms with Crippen molar-refractivity contribution < 1.29 is 4.79 Å². The first kappa shape index (κ1) is 13.6. The third-order valence-electron chi connectivity index (χ3n) is 3.23. The maximum atomic E-state index is 11.2. The average molecular weight is 259 g/mol. The number of aromatic nitrogens is 2. The van der Waals surface area contributed by atoms with Gasteiger partial charge in [-0.1, -0.05) is 25.5 Å². The molecule has 0 spiro atoms. The van der Waals surface area contributed by atoms with E-state index in [1.807, 2.05) is 25.1 Å². The highest BCUT2D eigenvalue weighted by molar-refractivity contribution is 5.77. The number of carbonyl (C=O) groups is 1. The van der Waals surface area contributed by atoms with Crippen molar-refractivity contribution in [2.24, 2.45) is 0 Å². The second-order valence-corrected chi connectivity index (χ2v) is 4.89. The van der Waals surface area contributed by atoms with Gasteiger partial charge in [0.25, 0.3) is 0 Å². The summed E-state index contributed by atoms with van der Waals surface area (Å²) in [5.74, 6) is 0.909. The first-order valence-electron chi connectivity index (χ1n) is 6.85. The van der Waals surface area contributed by atoms with Crippen LogP contribution in [-0.2, 0) is 11.3 Å². The van der Waals surface area contributed by atoms with Gasteiger partial charge < -0.3 is 9.88 Å². The molecule has 4 heteroatoms. The number of amides is 1. The van der Waals surface area contributed by atoms with Gasteiger partial charge in [0.05, 0.1) is 17.1 Å². The number of hydrogen-bond donors (Lipinski definition) is 1. The molecule has 0 aliphatic rings. The summed E-state index contributed by atoms with van der Waals surface area (Å²) in [7, 11) is 0. The summed E-state index contributed by atoms with van der Waals surface area (Å²) in [6, 6.07) is 8.05. The van der Waals surface area contributed by atoms with Crippen molar-refractivity contribution in [1.29, 1.82) is 0 Å². The zero-order chi connectivity index (χ0) is 13.8. The predicted octanol–water partition coefficient (Wildman–Crippen LogP) is 3.03. The summed E-state index contributed by atoms with van der Waals surface area (Å²) in [6.07, 6.45) is 2.25. The summed E-state index contributed by atoms with van der Waals surface area (Å²) in [5.41, 5.74) is 2.13. The number of hydrogen-bond acceptors (Lipinski definition) is 2. The molecule has 2 aromatic rings. The van der Waals surface area contributed by atoms with Crippen molar-refractivity contribution in [2.45, 2.75) is 46.2 Å². The second-order valence-electron chi connectivity index (χ2n) is 4.89. The largest absolute Gasteiger partial charge is 0.347 e.